The molecular formula is C23H21N3O3S. The minimum Gasteiger partial charge on any atom is -0.487 e. The SMILES string of the molecule is CCc1c(C)nc(-c2ccc(OC)s2)nc1Nc1ccc2cc(C(=O)O)ccc2c1. The van der Waals surface area contributed by atoms with E-state index in [0.29, 0.717) is 5.82 Å². The van der Waals surface area contributed by atoms with E-state index < -0.39 is 5.97 Å². The molecule has 4 aromatic rings. The van der Waals surface area contributed by atoms with Crippen LogP contribution in [0.25, 0.3) is 21.5 Å². The van der Waals surface area contributed by atoms with Gasteiger partial charge in [-0.3, -0.25) is 0 Å². The smallest absolute Gasteiger partial charge is 0.335 e. The molecule has 0 aliphatic heterocycles. The summed E-state index contributed by atoms with van der Waals surface area (Å²) in [7, 11) is 1.65. The van der Waals surface area contributed by atoms with Gasteiger partial charge in [0.15, 0.2) is 10.9 Å². The van der Waals surface area contributed by atoms with Crippen LogP contribution in [-0.4, -0.2) is 28.2 Å². The van der Waals surface area contributed by atoms with Crippen LogP contribution in [0.3, 0.4) is 0 Å². The molecule has 2 aromatic heterocycles. The molecule has 0 amide bonds. The van der Waals surface area contributed by atoms with Gasteiger partial charge in [0.2, 0.25) is 0 Å². The van der Waals surface area contributed by atoms with Crippen LogP contribution in [0.2, 0.25) is 0 Å². The topological polar surface area (TPSA) is 84.3 Å². The molecule has 152 valence electrons. The first kappa shape index (κ1) is 19.8. The van der Waals surface area contributed by atoms with Crippen molar-refractivity contribution in [1.29, 1.82) is 0 Å². The van der Waals surface area contributed by atoms with E-state index in [1.165, 1.54) is 11.3 Å². The zero-order chi connectivity index (χ0) is 21.3. The molecule has 0 unspecified atom stereocenters. The second-order valence-electron chi connectivity index (χ2n) is 6.84. The van der Waals surface area contributed by atoms with Gasteiger partial charge in [-0.05, 0) is 60.5 Å². The van der Waals surface area contributed by atoms with Gasteiger partial charge in [-0.2, -0.15) is 0 Å². The maximum Gasteiger partial charge on any atom is 0.335 e. The second-order valence-corrected chi connectivity index (χ2v) is 7.89. The molecule has 0 atom stereocenters. The monoisotopic (exact) mass is 419 g/mol. The fraction of sp³-hybridized carbons (Fsp3) is 0.174. The third-order valence-electron chi connectivity index (χ3n) is 4.92. The molecule has 0 saturated carbocycles. The van der Waals surface area contributed by atoms with Crippen molar-refractivity contribution in [2.75, 3.05) is 12.4 Å². The molecule has 2 heterocycles. The van der Waals surface area contributed by atoms with Crippen molar-refractivity contribution in [3.05, 3.63) is 65.4 Å². The van der Waals surface area contributed by atoms with Crippen LogP contribution in [0.5, 0.6) is 5.06 Å². The summed E-state index contributed by atoms with van der Waals surface area (Å²) < 4.78 is 5.29. The number of aromatic carboxylic acids is 1. The summed E-state index contributed by atoms with van der Waals surface area (Å²) in [5.74, 6) is 0.502. The number of aryl methyl sites for hydroxylation is 1. The van der Waals surface area contributed by atoms with Crippen molar-refractivity contribution in [2.24, 2.45) is 0 Å². The Bertz CT molecular complexity index is 1250. The number of nitrogens with one attached hydrogen (secondary N) is 1. The summed E-state index contributed by atoms with van der Waals surface area (Å²) in [5.41, 5.74) is 3.15. The third-order valence-corrected chi connectivity index (χ3v) is 5.96. The molecule has 6 nitrogen and oxygen atoms in total. The molecule has 0 aliphatic rings. The molecule has 2 aromatic carbocycles. The first-order valence-corrected chi connectivity index (χ1v) is 10.4. The van der Waals surface area contributed by atoms with E-state index >= 15 is 0 Å². The molecule has 0 fully saturated rings. The molecule has 0 bridgehead atoms. The summed E-state index contributed by atoms with van der Waals surface area (Å²) in [5, 5.41) is 15.3. The summed E-state index contributed by atoms with van der Waals surface area (Å²) in [6.45, 7) is 4.08. The number of anilines is 2. The highest BCUT2D eigenvalue weighted by molar-refractivity contribution is 7.17. The van der Waals surface area contributed by atoms with Gasteiger partial charge < -0.3 is 15.2 Å². The Labute approximate surface area is 178 Å². The minimum atomic E-state index is -0.930. The maximum atomic E-state index is 11.2. The van der Waals surface area contributed by atoms with Crippen molar-refractivity contribution in [3.63, 3.8) is 0 Å². The van der Waals surface area contributed by atoms with Gasteiger partial charge in [0.25, 0.3) is 0 Å². The number of carbonyl (C=O) groups is 1. The molecule has 4 rings (SSSR count). The van der Waals surface area contributed by atoms with Crippen LogP contribution in [-0.2, 0) is 6.42 Å². The molecule has 30 heavy (non-hydrogen) atoms. The summed E-state index contributed by atoms with van der Waals surface area (Å²) in [6.07, 6.45) is 0.803. The molecule has 0 radical (unpaired) electrons. The van der Waals surface area contributed by atoms with Gasteiger partial charge >= 0.3 is 5.97 Å². The van der Waals surface area contributed by atoms with Crippen LogP contribution in [0, 0.1) is 6.92 Å². The Balaban J connectivity index is 1.72. The zero-order valence-electron chi connectivity index (χ0n) is 16.9. The standard InChI is InChI=1S/C23H21N3O3S/c1-4-18-13(2)24-22(19-9-10-20(29-3)30-19)26-21(18)25-17-8-7-14-11-16(23(27)28)6-5-15(14)12-17/h5-12H,4H2,1-3H3,(H,27,28)(H,24,25,26). The number of fused-ring (bicyclic) bond motifs is 1. The lowest BCUT2D eigenvalue weighted by molar-refractivity contribution is 0.0697. The average Bonchev–Trinajstić information content (AvgIpc) is 3.22. The Morgan fingerprint density at radius 1 is 1.10 bits per heavy atom. The molecule has 7 heteroatoms. The van der Waals surface area contributed by atoms with E-state index in [0.717, 1.165) is 49.9 Å². The number of rotatable bonds is 6. The Morgan fingerprint density at radius 2 is 1.87 bits per heavy atom. The lowest BCUT2D eigenvalue weighted by atomic mass is 10.1. The predicted molar refractivity (Wildman–Crippen MR) is 120 cm³/mol. The predicted octanol–water partition coefficient (Wildman–Crippen LogP) is 5.68. The molecule has 0 aliphatic carbocycles. The lowest BCUT2D eigenvalue weighted by Gasteiger charge is -2.14. The van der Waals surface area contributed by atoms with E-state index in [2.05, 4.69) is 17.2 Å². The van der Waals surface area contributed by atoms with Crippen LogP contribution in [0.1, 0.15) is 28.5 Å². The Hall–Kier alpha value is -3.45. The van der Waals surface area contributed by atoms with Gasteiger partial charge in [-0.1, -0.05) is 30.4 Å². The fourth-order valence-corrected chi connectivity index (χ4v) is 4.13. The lowest BCUT2D eigenvalue weighted by Crippen LogP contribution is -2.05. The molecule has 2 N–H and O–H groups in total. The van der Waals surface area contributed by atoms with Crippen LogP contribution >= 0.6 is 11.3 Å². The first-order chi connectivity index (χ1) is 14.5. The third kappa shape index (κ3) is 3.84. The van der Waals surface area contributed by atoms with Gasteiger partial charge in [0, 0.05) is 16.9 Å². The average molecular weight is 420 g/mol. The normalized spacial score (nSPS) is 10.9. The van der Waals surface area contributed by atoms with E-state index in [1.54, 1.807) is 19.2 Å². The van der Waals surface area contributed by atoms with Gasteiger partial charge in [-0.15, -0.1) is 0 Å². The number of hydrogen-bond acceptors (Lipinski definition) is 6. The minimum absolute atomic E-state index is 0.277. The van der Waals surface area contributed by atoms with Gasteiger partial charge in [0.05, 0.1) is 17.6 Å². The highest BCUT2D eigenvalue weighted by Gasteiger charge is 2.14. The zero-order valence-corrected chi connectivity index (χ0v) is 17.7. The highest BCUT2D eigenvalue weighted by Crippen LogP contribution is 2.33. The van der Waals surface area contributed by atoms with Crippen molar-refractivity contribution in [3.8, 4) is 15.8 Å². The van der Waals surface area contributed by atoms with E-state index in [1.807, 2.05) is 43.3 Å². The largest absolute Gasteiger partial charge is 0.487 e. The van der Waals surface area contributed by atoms with Crippen LogP contribution in [0.15, 0.2) is 48.5 Å². The number of nitrogens with zero attached hydrogens (tertiary/aromatic N) is 2. The molecule has 0 saturated heterocycles. The van der Waals surface area contributed by atoms with E-state index in [9.17, 15) is 9.90 Å². The number of benzene rings is 2. The summed E-state index contributed by atoms with van der Waals surface area (Å²) in [4.78, 5) is 21.6. The number of carboxylic acid groups (broad SMARTS) is 1. The quantitative estimate of drug-likeness (QED) is 0.418. The van der Waals surface area contributed by atoms with E-state index in [-0.39, 0.29) is 5.56 Å². The van der Waals surface area contributed by atoms with Gasteiger partial charge in [-0.25, -0.2) is 14.8 Å². The first-order valence-electron chi connectivity index (χ1n) is 9.54. The van der Waals surface area contributed by atoms with E-state index in [4.69, 9.17) is 9.72 Å². The number of aromatic nitrogens is 2. The van der Waals surface area contributed by atoms with Gasteiger partial charge in [0.1, 0.15) is 5.82 Å². The molecular weight excluding hydrogens is 398 g/mol. The van der Waals surface area contributed by atoms with Crippen molar-refractivity contribution in [2.45, 2.75) is 20.3 Å². The van der Waals surface area contributed by atoms with Crippen LogP contribution < -0.4 is 10.1 Å². The number of ether oxygens (including phenoxy) is 1. The fourth-order valence-electron chi connectivity index (χ4n) is 3.38. The summed E-state index contributed by atoms with van der Waals surface area (Å²) in [6, 6.07) is 14.8. The Kier molecular flexibility index (Phi) is 5.37. The molecule has 0 spiro atoms. The number of methoxy groups -OCH3 is 1. The van der Waals surface area contributed by atoms with Crippen molar-refractivity contribution < 1.29 is 14.6 Å². The highest BCUT2D eigenvalue weighted by atomic mass is 32.1. The van der Waals surface area contributed by atoms with Crippen molar-refractivity contribution >= 4 is 39.6 Å². The maximum absolute atomic E-state index is 11.2. The van der Waals surface area contributed by atoms with Crippen molar-refractivity contribution in [1.82, 2.24) is 9.97 Å². The Morgan fingerprint density at radius 3 is 2.57 bits per heavy atom. The second kappa shape index (κ2) is 8.12. The number of hydrogen-bond donors (Lipinski definition) is 2. The number of thiophene rings is 1. The van der Waals surface area contributed by atoms with Crippen LogP contribution in [0.4, 0.5) is 11.5 Å². The summed E-state index contributed by atoms with van der Waals surface area (Å²) >= 11 is 1.51. The number of carboxylic acids is 1.